The van der Waals surface area contributed by atoms with Crippen LogP contribution in [0.3, 0.4) is 0 Å². The van der Waals surface area contributed by atoms with Crippen LogP contribution in [0.2, 0.25) is 0 Å². The molecule has 7 heteroatoms. The molecule has 0 aliphatic carbocycles. The van der Waals surface area contributed by atoms with Crippen LogP contribution < -0.4 is 11.2 Å². The van der Waals surface area contributed by atoms with Gasteiger partial charge < -0.3 is 10.3 Å². The molecule has 0 amide bonds. The van der Waals surface area contributed by atoms with Crippen molar-refractivity contribution in [2.75, 3.05) is 5.75 Å². The summed E-state index contributed by atoms with van der Waals surface area (Å²) < 4.78 is 26.1. The van der Waals surface area contributed by atoms with Gasteiger partial charge in [0.05, 0.1) is 10.6 Å². The summed E-state index contributed by atoms with van der Waals surface area (Å²) in [6.45, 7) is 0.277. The third-order valence-electron chi connectivity index (χ3n) is 2.98. The van der Waals surface area contributed by atoms with Crippen molar-refractivity contribution >= 4 is 27.0 Å². The number of sulfone groups is 1. The van der Waals surface area contributed by atoms with Crippen molar-refractivity contribution in [3.8, 4) is 0 Å². The van der Waals surface area contributed by atoms with Gasteiger partial charge >= 0.3 is 0 Å². The van der Waals surface area contributed by atoms with Gasteiger partial charge in [0.2, 0.25) is 0 Å². The zero-order chi connectivity index (χ0) is 15.5. The van der Waals surface area contributed by atoms with Gasteiger partial charge in [-0.05, 0) is 12.1 Å². The Morgan fingerprint density at radius 2 is 1.67 bits per heavy atom. The van der Waals surface area contributed by atoms with Crippen LogP contribution in [0.15, 0.2) is 58.5 Å². The van der Waals surface area contributed by atoms with E-state index in [1.165, 1.54) is 24.3 Å². The number of rotatable bonds is 5. The number of pyridine rings is 1. The first-order chi connectivity index (χ1) is 9.88. The lowest BCUT2D eigenvalue weighted by atomic mass is 10.2. The third kappa shape index (κ3) is 3.99. The number of aromatic nitrogens is 1. The van der Waals surface area contributed by atoms with Crippen LogP contribution in [-0.4, -0.2) is 23.7 Å². The maximum atomic E-state index is 12.2. The van der Waals surface area contributed by atoms with Crippen LogP contribution in [0.4, 0.5) is 0 Å². The van der Waals surface area contributed by atoms with Crippen molar-refractivity contribution in [2.24, 2.45) is 5.73 Å². The van der Waals surface area contributed by atoms with Crippen LogP contribution in [0.1, 0.15) is 5.56 Å². The fourth-order valence-electron chi connectivity index (χ4n) is 1.76. The predicted octanol–water partition coefficient (Wildman–Crippen LogP) is 0.956. The fourth-order valence-corrected chi connectivity index (χ4v) is 3.14. The van der Waals surface area contributed by atoms with E-state index < -0.39 is 9.84 Å². The number of nitrogens with two attached hydrogens (primary N) is 1. The van der Waals surface area contributed by atoms with E-state index in [1.54, 1.807) is 29.1 Å². The molecule has 2 aromatic rings. The van der Waals surface area contributed by atoms with E-state index in [4.69, 9.17) is 18.0 Å². The molecule has 2 N–H and O–H groups in total. The Kier molecular flexibility index (Phi) is 4.54. The average molecular weight is 322 g/mol. The molecule has 5 nitrogen and oxygen atoms in total. The highest BCUT2D eigenvalue weighted by Gasteiger charge is 2.14. The summed E-state index contributed by atoms with van der Waals surface area (Å²) in [7, 11) is -3.39. The van der Waals surface area contributed by atoms with Crippen molar-refractivity contribution in [3.05, 3.63) is 64.6 Å². The molecule has 1 aromatic heterocycles. The molecule has 21 heavy (non-hydrogen) atoms. The van der Waals surface area contributed by atoms with Crippen molar-refractivity contribution < 1.29 is 8.42 Å². The molecule has 2 rings (SSSR count). The number of hydrogen-bond donors (Lipinski definition) is 1. The molecule has 0 fully saturated rings. The second-order valence-corrected chi connectivity index (χ2v) is 7.03. The summed E-state index contributed by atoms with van der Waals surface area (Å²) in [6, 6.07) is 8.96. The standard InChI is InChI=1S/C14H14N2O3S2/c15-14(20)11-1-3-13(4-2-11)21(18,19)10-9-16-7-5-12(17)6-8-16/h1-8H,9-10H2,(H2,15,20). The van der Waals surface area contributed by atoms with E-state index in [9.17, 15) is 13.2 Å². The van der Waals surface area contributed by atoms with E-state index in [-0.39, 0.29) is 27.6 Å². The average Bonchev–Trinajstić information content (AvgIpc) is 2.47. The van der Waals surface area contributed by atoms with E-state index in [2.05, 4.69) is 0 Å². The fraction of sp³-hybridized carbons (Fsp3) is 0.143. The number of nitrogens with zero attached hydrogens (tertiary/aromatic N) is 1. The van der Waals surface area contributed by atoms with Crippen LogP contribution in [0.5, 0.6) is 0 Å². The second kappa shape index (κ2) is 6.19. The van der Waals surface area contributed by atoms with Gasteiger partial charge in [-0.2, -0.15) is 0 Å². The van der Waals surface area contributed by atoms with Gasteiger partial charge in [-0.1, -0.05) is 24.4 Å². The molecule has 0 unspecified atom stereocenters. The van der Waals surface area contributed by atoms with Crippen molar-refractivity contribution in [1.82, 2.24) is 4.57 Å². The molecule has 110 valence electrons. The molecule has 0 radical (unpaired) electrons. The summed E-state index contributed by atoms with van der Waals surface area (Å²) in [4.78, 5) is 11.4. The van der Waals surface area contributed by atoms with Crippen molar-refractivity contribution in [3.63, 3.8) is 0 Å². The quantitative estimate of drug-likeness (QED) is 0.829. The molecule has 0 atom stereocenters. The van der Waals surface area contributed by atoms with E-state index >= 15 is 0 Å². The predicted molar refractivity (Wildman–Crippen MR) is 85.1 cm³/mol. The minimum absolute atomic E-state index is 0.0533. The topological polar surface area (TPSA) is 82.2 Å². The van der Waals surface area contributed by atoms with Crippen LogP contribution in [0.25, 0.3) is 0 Å². The number of thiocarbonyl (C=S) groups is 1. The van der Waals surface area contributed by atoms with E-state index in [0.29, 0.717) is 5.56 Å². The highest BCUT2D eigenvalue weighted by molar-refractivity contribution is 7.91. The number of aryl methyl sites for hydroxylation is 1. The van der Waals surface area contributed by atoms with Crippen molar-refractivity contribution in [1.29, 1.82) is 0 Å². The smallest absolute Gasteiger partial charge is 0.181 e. The molecular weight excluding hydrogens is 308 g/mol. The molecule has 0 spiro atoms. The monoisotopic (exact) mass is 322 g/mol. The Morgan fingerprint density at radius 1 is 1.10 bits per heavy atom. The third-order valence-corrected chi connectivity index (χ3v) is 4.92. The molecule has 1 aromatic carbocycles. The SMILES string of the molecule is NC(=S)c1ccc(S(=O)(=O)CCn2ccc(=O)cc2)cc1. The lowest BCUT2D eigenvalue weighted by Crippen LogP contribution is -2.15. The highest BCUT2D eigenvalue weighted by Crippen LogP contribution is 2.13. The summed E-state index contributed by atoms with van der Waals surface area (Å²) >= 11 is 4.82. The first kappa shape index (κ1) is 15.4. The Morgan fingerprint density at radius 3 is 2.19 bits per heavy atom. The molecule has 0 aliphatic heterocycles. The first-order valence-electron chi connectivity index (χ1n) is 6.17. The molecule has 0 saturated heterocycles. The maximum absolute atomic E-state index is 12.2. The lowest BCUT2D eigenvalue weighted by molar-refractivity contribution is 0.588. The number of hydrogen-bond acceptors (Lipinski definition) is 4. The van der Waals surface area contributed by atoms with Crippen LogP contribution >= 0.6 is 12.2 Å². The minimum Gasteiger partial charge on any atom is -0.389 e. The Balaban J connectivity index is 2.12. The van der Waals surface area contributed by atoms with Gasteiger partial charge in [-0.15, -0.1) is 0 Å². The lowest BCUT2D eigenvalue weighted by Gasteiger charge is -2.08. The van der Waals surface area contributed by atoms with Gasteiger partial charge in [0.15, 0.2) is 15.3 Å². The molecule has 0 bridgehead atoms. The Hall–Kier alpha value is -1.99. The van der Waals surface area contributed by atoms with Crippen molar-refractivity contribution in [2.45, 2.75) is 11.4 Å². The Labute approximate surface area is 127 Å². The zero-order valence-electron chi connectivity index (χ0n) is 11.1. The van der Waals surface area contributed by atoms with Crippen LogP contribution in [0, 0.1) is 0 Å². The summed E-state index contributed by atoms with van der Waals surface area (Å²) in [6.07, 6.45) is 3.13. The normalized spacial score (nSPS) is 11.2. The zero-order valence-corrected chi connectivity index (χ0v) is 12.7. The summed E-state index contributed by atoms with van der Waals surface area (Å²) in [5.74, 6) is -0.0533. The maximum Gasteiger partial charge on any atom is 0.181 e. The number of benzene rings is 1. The molecule has 0 aliphatic rings. The van der Waals surface area contributed by atoms with Gasteiger partial charge in [0.1, 0.15) is 4.99 Å². The van der Waals surface area contributed by atoms with E-state index in [0.717, 1.165) is 0 Å². The van der Waals surface area contributed by atoms with Gasteiger partial charge in [0, 0.05) is 36.6 Å². The molecule has 0 saturated carbocycles. The minimum atomic E-state index is -3.39. The van der Waals surface area contributed by atoms with Crippen LogP contribution in [-0.2, 0) is 16.4 Å². The second-order valence-electron chi connectivity index (χ2n) is 4.48. The molecule has 1 heterocycles. The van der Waals surface area contributed by atoms with Gasteiger partial charge in [-0.25, -0.2) is 8.42 Å². The summed E-state index contributed by atoms with van der Waals surface area (Å²) in [5, 5.41) is 0. The largest absolute Gasteiger partial charge is 0.389 e. The van der Waals surface area contributed by atoms with Gasteiger partial charge in [0.25, 0.3) is 0 Å². The Bertz CT molecular complexity index is 788. The first-order valence-corrected chi connectivity index (χ1v) is 8.23. The molecular formula is C14H14N2O3S2. The van der Waals surface area contributed by atoms with E-state index in [1.807, 2.05) is 0 Å². The van der Waals surface area contributed by atoms with Gasteiger partial charge in [-0.3, -0.25) is 4.79 Å². The summed E-state index contributed by atoms with van der Waals surface area (Å²) in [5.41, 5.74) is 5.99. The highest BCUT2D eigenvalue weighted by atomic mass is 32.2.